The molecule has 35 heavy (non-hydrogen) atoms. The molecular weight excluding hydrogens is 495 g/mol. The second-order valence-corrected chi connectivity index (χ2v) is 8.54. The molecule has 180 valence electrons. The van der Waals surface area contributed by atoms with Crippen molar-refractivity contribution < 1.29 is 14.3 Å². The van der Waals surface area contributed by atoms with Crippen molar-refractivity contribution >= 4 is 40.7 Å². The smallest absolute Gasteiger partial charge is 0.332 e. The van der Waals surface area contributed by atoms with Gasteiger partial charge in [0.2, 0.25) is 0 Å². The highest BCUT2D eigenvalue weighted by molar-refractivity contribution is 6.30. The Morgan fingerprint density at radius 1 is 1.06 bits per heavy atom. The largest absolute Gasteiger partial charge is 0.468 e. The summed E-state index contributed by atoms with van der Waals surface area (Å²) >= 11 is 12.1. The molecule has 4 aromatic rings. The third-order valence-corrected chi connectivity index (χ3v) is 5.79. The molecule has 0 unspecified atom stereocenters. The molecule has 0 fully saturated rings. The highest BCUT2D eigenvalue weighted by Crippen LogP contribution is 2.31. The molecule has 0 saturated heterocycles. The van der Waals surface area contributed by atoms with Gasteiger partial charge < -0.3 is 9.47 Å². The van der Waals surface area contributed by atoms with Gasteiger partial charge in [-0.3, -0.25) is 23.7 Å². The van der Waals surface area contributed by atoms with Crippen molar-refractivity contribution in [3.05, 3.63) is 90.9 Å². The van der Waals surface area contributed by atoms with Crippen molar-refractivity contribution in [1.29, 1.82) is 0 Å². The Morgan fingerprint density at radius 2 is 1.83 bits per heavy atom. The van der Waals surface area contributed by atoms with E-state index >= 15 is 0 Å². The zero-order valence-electron chi connectivity index (χ0n) is 18.6. The Balaban J connectivity index is 1.91. The lowest BCUT2D eigenvalue weighted by molar-refractivity contribution is -0.128. The fraction of sp³-hybridized carbons (Fsp3) is 0.208. The van der Waals surface area contributed by atoms with Crippen molar-refractivity contribution in [1.82, 2.24) is 19.1 Å². The Labute approximate surface area is 209 Å². The number of carbonyl (C=O) groups excluding carboxylic acids is 1. The molecule has 0 N–H and O–H groups in total. The van der Waals surface area contributed by atoms with Crippen molar-refractivity contribution in [3.63, 3.8) is 0 Å². The molecule has 0 bridgehead atoms. The summed E-state index contributed by atoms with van der Waals surface area (Å²) in [5.74, 6) is 0.690. The van der Waals surface area contributed by atoms with E-state index < -0.39 is 11.2 Å². The average Bonchev–Trinajstić information content (AvgIpc) is 2.84. The minimum atomic E-state index is -0.522. The molecule has 9 nitrogen and oxygen atoms in total. The predicted molar refractivity (Wildman–Crippen MR) is 131 cm³/mol. The Kier molecular flexibility index (Phi) is 7.48. The van der Waals surface area contributed by atoms with Gasteiger partial charge >= 0.3 is 5.69 Å². The molecule has 0 spiro atoms. The van der Waals surface area contributed by atoms with Crippen LogP contribution >= 0.6 is 23.2 Å². The van der Waals surface area contributed by atoms with Crippen LogP contribution in [0.4, 0.5) is 0 Å². The molecule has 0 aliphatic rings. The van der Waals surface area contributed by atoms with Gasteiger partial charge in [-0.25, -0.2) is 9.78 Å². The molecule has 0 aliphatic carbocycles. The SMILES string of the molecule is Cn1c(=O)n(CCCOC=O)c(=O)c2c(Cc3ccc(Cl)cc3)c(Oc3cncc(Cl)c3)cnc21. The summed E-state index contributed by atoms with van der Waals surface area (Å²) in [5, 5.41) is 1.21. The number of aryl methyl sites for hydroxylation is 1. The van der Waals surface area contributed by atoms with Gasteiger partial charge in [-0.2, -0.15) is 0 Å². The minimum Gasteiger partial charge on any atom is -0.468 e. The van der Waals surface area contributed by atoms with Crippen molar-refractivity contribution in [2.75, 3.05) is 6.61 Å². The van der Waals surface area contributed by atoms with E-state index in [9.17, 15) is 14.4 Å². The van der Waals surface area contributed by atoms with Crippen molar-refractivity contribution in [3.8, 4) is 11.5 Å². The van der Waals surface area contributed by atoms with Gasteiger partial charge in [-0.05, 0) is 24.1 Å². The van der Waals surface area contributed by atoms with E-state index in [2.05, 4.69) is 9.97 Å². The van der Waals surface area contributed by atoms with E-state index in [-0.39, 0.29) is 24.2 Å². The van der Waals surface area contributed by atoms with Crippen molar-refractivity contribution in [2.24, 2.45) is 7.05 Å². The summed E-state index contributed by atoms with van der Waals surface area (Å²) in [6.07, 6.45) is 5.04. The summed E-state index contributed by atoms with van der Waals surface area (Å²) in [7, 11) is 1.54. The summed E-state index contributed by atoms with van der Waals surface area (Å²) in [6.45, 7) is 0.473. The Hall–Kier alpha value is -3.69. The Bertz CT molecular complexity index is 1500. The van der Waals surface area contributed by atoms with E-state index in [1.165, 1.54) is 23.2 Å². The fourth-order valence-electron chi connectivity index (χ4n) is 3.69. The van der Waals surface area contributed by atoms with E-state index in [0.29, 0.717) is 46.4 Å². The summed E-state index contributed by atoms with van der Waals surface area (Å²) in [4.78, 5) is 45.3. The first-order valence-electron chi connectivity index (χ1n) is 10.6. The number of aromatic nitrogens is 4. The summed E-state index contributed by atoms with van der Waals surface area (Å²) in [5.41, 5.74) is 0.596. The number of carbonyl (C=O) groups is 1. The van der Waals surface area contributed by atoms with Gasteiger partial charge in [-0.1, -0.05) is 35.3 Å². The van der Waals surface area contributed by atoms with Crippen LogP contribution in [-0.4, -0.2) is 32.2 Å². The van der Waals surface area contributed by atoms with Crippen LogP contribution in [0.2, 0.25) is 10.0 Å². The first-order chi connectivity index (χ1) is 16.9. The lowest BCUT2D eigenvalue weighted by Crippen LogP contribution is -2.40. The molecule has 0 amide bonds. The van der Waals surface area contributed by atoms with Crippen LogP contribution in [0.1, 0.15) is 17.5 Å². The van der Waals surface area contributed by atoms with Gasteiger partial charge in [0.15, 0.2) is 0 Å². The zero-order valence-corrected chi connectivity index (χ0v) is 20.1. The second-order valence-electron chi connectivity index (χ2n) is 7.66. The molecule has 3 heterocycles. The van der Waals surface area contributed by atoms with Crippen LogP contribution in [-0.2, 0) is 29.5 Å². The number of rotatable bonds is 9. The molecular formula is C24H20Cl2N4O5. The lowest BCUT2D eigenvalue weighted by Gasteiger charge is -2.16. The monoisotopic (exact) mass is 514 g/mol. The Morgan fingerprint density at radius 3 is 2.54 bits per heavy atom. The molecule has 3 aromatic heterocycles. The fourth-order valence-corrected chi connectivity index (χ4v) is 3.98. The molecule has 0 aliphatic heterocycles. The number of ether oxygens (including phenoxy) is 2. The van der Waals surface area contributed by atoms with Crippen LogP contribution in [0, 0.1) is 0 Å². The van der Waals surface area contributed by atoms with Gasteiger partial charge in [-0.15, -0.1) is 0 Å². The topological polar surface area (TPSA) is 105 Å². The highest BCUT2D eigenvalue weighted by Gasteiger charge is 2.20. The first kappa shape index (κ1) is 24.4. The molecule has 4 rings (SSSR count). The maximum absolute atomic E-state index is 13.6. The quantitative estimate of drug-likeness (QED) is 0.247. The second kappa shape index (κ2) is 10.7. The first-order valence-corrected chi connectivity index (χ1v) is 11.3. The van der Waals surface area contributed by atoms with Gasteiger partial charge in [0.1, 0.15) is 17.1 Å². The third-order valence-electron chi connectivity index (χ3n) is 5.34. The van der Waals surface area contributed by atoms with Crippen LogP contribution in [0.5, 0.6) is 11.5 Å². The van der Waals surface area contributed by atoms with Crippen LogP contribution in [0.25, 0.3) is 11.0 Å². The number of hydrogen-bond acceptors (Lipinski definition) is 7. The minimum absolute atomic E-state index is 0.0684. The lowest BCUT2D eigenvalue weighted by atomic mass is 10.0. The van der Waals surface area contributed by atoms with Crippen LogP contribution < -0.4 is 16.0 Å². The van der Waals surface area contributed by atoms with E-state index in [0.717, 1.165) is 10.1 Å². The van der Waals surface area contributed by atoms with E-state index in [4.69, 9.17) is 32.7 Å². The van der Waals surface area contributed by atoms with Gasteiger partial charge in [0, 0.05) is 42.9 Å². The molecule has 0 radical (unpaired) electrons. The summed E-state index contributed by atoms with van der Waals surface area (Å²) < 4.78 is 13.2. The van der Waals surface area contributed by atoms with Crippen molar-refractivity contribution in [2.45, 2.75) is 19.4 Å². The number of hydrogen-bond donors (Lipinski definition) is 0. The predicted octanol–water partition coefficient (Wildman–Crippen LogP) is 3.74. The standard InChI is InChI=1S/C24H20Cl2N4O5/c1-29-22-21(23(32)30(24(29)33)7-2-8-34-14-31)19(9-15-3-5-16(25)6-4-15)20(13-28-22)35-18-10-17(26)11-27-12-18/h3-6,10-14H,2,7-9H2,1H3. The molecule has 0 atom stereocenters. The van der Waals surface area contributed by atoms with Gasteiger partial charge in [0.05, 0.1) is 29.4 Å². The number of nitrogens with zero attached hydrogens (tertiary/aromatic N) is 4. The number of halogens is 2. The van der Waals surface area contributed by atoms with Crippen LogP contribution in [0.3, 0.4) is 0 Å². The molecule has 1 aromatic carbocycles. The number of pyridine rings is 2. The summed E-state index contributed by atoms with van der Waals surface area (Å²) in [6, 6.07) is 8.79. The maximum atomic E-state index is 13.6. The van der Waals surface area contributed by atoms with E-state index in [1.807, 2.05) is 12.1 Å². The average molecular weight is 515 g/mol. The number of fused-ring (bicyclic) bond motifs is 1. The third kappa shape index (κ3) is 5.36. The normalized spacial score (nSPS) is 10.9. The molecule has 11 heteroatoms. The highest BCUT2D eigenvalue weighted by atomic mass is 35.5. The zero-order chi connectivity index (χ0) is 24.9. The maximum Gasteiger partial charge on any atom is 0.332 e. The van der Waals surface area contributed by atoms with E-state index in [1.54, 1.807) is 25.2 Å². The molecule has 0 saturated carbocycles. The van der Waals surface area contributed by atoms with Gasteiger partial charge in [0.25, 0.3) is 12.0 Å². The number of benzene rings is 1. The van der Waals surface area contributed by atoms with Crippen LogP contribution in [0.15, 0.2) is 58.5 Å².